The van der Waals surface area contributed by atoms with Crippen molar-refractivity contribution in [2.24, 2.45) is 5.73 Å². The van der Waals surface area contributed by atoms with Crippen molar-refractivity contribution in [3.05, 3.63) is 46.8 Å². The predicted octanol–water partition coefficient (Wildman–Crippen LogP) is 1.39. The van der Waals surface area contributed by atoms with Crippen molar-refractivity contribution in [3.63, 3.8) is 0 Å². The van der Waals surface area contributed by atoms with E-state index in [1.807, 2.05) is 22.8 Å². The van der Waals surface area contributed by atoms with Crippen LogP contribution >= 0.6 is 0 Å². The summed E-state index contributed by atoms with van der Waals surface area (Å²) < 4.78 is 1.81. The SMILES string of the molecule is NCC1(NC(=O)Cn2ccc(=O)c3ccccc32)CCCC1. The Labute approximate surface area is 129 Å². The molecule has 1 heterocycles. The molecule has 3 rings (SSSR count). The van der Waals surface area contributed by atoms with Crippen molar-refractivity contribution < 1.29 is 4.79 Å². The molecule has 1 fully saturated rings. The highest BCUT2D eigenvalue weighted by Crippen LogP contribution is 2.28. The summed E-state index contributed by atoms with van der Waals surface area (Å²) >= 11 is 0. The van der Waals surface area contributed by atoms with Crippen LogP contribution in [0.5, 0.6) is 0 Å². The lowest BCUT2D eigenvalue weighted by Crippen LogP contribution is -2.52. The normalized spacial score (nSPS) is 16.8. The average molecular weight is 299 g/mol. The van der Waals surface area contributed by atoms with Crippen LogP contribution in [0.3, 0.4) is 0 Å². The molecule has 1 aromatic carbocycles. The number of nitrogens with zero attached hydrogens (tertiary/aromatic N) is 1. The number of hydrogen-bond acceptors (Lipinski definition) is 3. The minimum Gasteiger partial charge on any atom is -0.348 e. The van der Waals surface area contributed by atoms with E-state index in [0.29, 0.717) is 11.9 Å². The maximum atomic E-state index is 12.4. The van der Waals surface area contributed by atoms with Gasteiger partial charge in [0.05, 0.1) is 11.1 Å². The highest BCUT2D eigenvalue weighted by molar-refractivity contribution is 5.82. The number of amides is 1. The maximum absolute atomic E-state index is 12.4. The summed E-state index contributed by atoms with van der Waals surface area (Å²) in [6.45, 7) is 0.673. The fourth-order valence-electron chi connectivity index (χ4n) is 3.32. The third-order valence-electron chi connectivity index (χ3n) is 4.55. The second-order valence-corrected chi connectivity index (χ2v) is 6.06. The monoisotopic (exact) mass is 299 g/mol. The molecule has 1 aliphatic rings. The molecule has 5 heteroatoms. The Morgan fingerprint density at radius 2 is 1.95 bits per heavy atom. The summed E-state index contributed by atoms with van der Waals surface area (Å²) in [7, 11) is 0. The summed E-state index contributed by atoms with van der Waals surface area (Å²) in [6, 6.07) is 8.84. The fraction of sp³-hybridized carbons (Fsp3) is 0.412. The number of rotatable bonds is 4. The molecule has 116 valence electrons. The van der Waals surface area contributed by atoms with Gasteiger partial charge in [0.2, 0.25) is 5.91 Å². The van der Waals surface area contributed by atoms with Gasteiger partial charge in [-0.1, -0.05) is 25.0 Å². The zero-order valence-corrected chi connectivity index (χ0v) is 12.5. The lowest BCUT2D eigenvalue weighted by atomic mass is 9.98. The van der Waals surface area contributed by atoms with Gasteiger partial charge in [-0.3, -0.25) is 9.59 Å². The molecule has 2 aromatic rings. The van der Waals surface area contributed by atoms with Crippen LogP contribution in [-0.2, 0) is 11.3 Å². The molecule has 5 nitrogen and oxygen atoms in total. The Kier molecular flexibility index (Phi) is 3.98. The summed E-state index contributed by atoms with van der Waals surface area (Å²) in [4.78, 5) is 24.3. The predicted molar refractivity (Wildman–Crippen MR) is 86.6 cm³/mol. The number of fused-ring (bicyclic) bond motifs is 1. The second-order valence-electron chi connectivity index (χ2n) is 6.06. The molecule has 0 atom stereocenters. The highest BCUT2D eigenvalue weighted by atomic mass is 16.2. The smallest absolute Gasteiger partial charge is 0.240 e. The Hall–Kier alpha value is -2.14. The van der Waals surface area contributed by atoms with Crippen LogP contribution in [0.2, 0.25) is 0 Å². The van der Waals surface area contributed by atoms with Gasteiger partial charge in [0.15, 0.2) is 5.43 Å². The molecular formula is C17H21N3O2. The van der Waals surface area contributed by atoms with Crippen molar-refractivity contribution in [1.82, 2.24) is 9.88 Å². The van der Waals surface area contributed by atoms with E-state index in [1.54, 1.807) is 12.3 Å². The van der Waals surface area contributed by atoms with E-state index in [9.17, 15) is 9.59 Å². The van der Waals surface area contributed by atoms with Gasteiger partial charge >= 0.3 is 0 Å². The van der Waals surface area contributed by atoms with Crippen molar-refractivity contribution in [2.75, 3.05) is 6.54 Å². The zero-order valence-electron chi connectivity index (χ0n) is 12.5. The number of pyridine rings is 1. The molecule has 1 saturated carbocycles. The molecule has 1 amide bonds. The third kappa shape index (κ3) is 2.76. The zero-order chi connectivity index (χ0) is 15.6. The first-order chi connectivity index (χ1) is 10.6. The summed E-state index contributed by atoms with van der Waals surface area (Å²) in [6.07, 6.45) is 5.78. The fourth-order valence-corrected chi connectivity index (χ4v) is 3.32. The maximum Gasteiger partial charge on any atom is 0.240 e. The van der Waals surface area contributed by atoms with Crippen LogP contribution in [0.1, 0.15) is 25.7 Å². The minimum absolute atomic E-state index is 0.0264. The summed E-state index contributed by atoms with van der Waals surface area (Å²) in [5, 5.41) is 3.74. The van der Waals surface area contributed by atoms with Crippen LogP contribution < -0.4 is 16.5 Å². The molecule has 0 spiro atoms. The Balaban J connectivity index is 1.83. The molecular weight excluding hydrogens is 278 g/mol. The van der Waals surface area contributed by atoms with Gasteiger partial charge in [-0.2, -0.15) is 0 Å². The standard InChI is InChI=1S/C17H21N3O2/c18-12-17(8-3-4-9-17)19-16(22)11-20-10-7-15(21)13-5-1-2-6-14(13)20/h1-2,5-7,10H,3-4,8-9,11-12,18H2,(H,19,22). The van der Waals surface area contributed by atoms with Crippen molar-refractivity contribution in [2.45, 2.75) is 37.8 Å². The van der Waals surface area contributed by atoms with Gasteiger partial charge < -0.3 is 15.6 Å². The largest absolute Gasteiger partial charge is 0.348 e. The van der Waals surface area contributed by atoms with Gasteiger partial charge in [0, 0.05) is 24.2 Å². The molecule has 0 saturated heterocycles. The topological polar surface area (TPSA) is 77.1 Å². The first kappa shape index (κ1) is 14.8. The Morgan fingerprint density at radius 3 is 2.68 bits per heavy atom. The molecule has 1 aliphatic carbocycles. The molecule has 0 aliphatic heterocycles. The number of carbonyl (C=O) groups is 1. The third-order valence-corrected chi connectivity index (χ3v) is 4.55. The van der Waals surface area contributed by atoms with Gasteiger partial charge in [-0.25, -0.2) is 0 Å². The minimum atomic E-state index is -0.244. The average Bonchev–Trinajstić information content (AvgIpc) is 2.99. The highest BCUT2D eigenvalue weighted by Gasteiger charge is 2.33. The molecule has 0 radical (unpaired) electrons. The number of nitrogens with one attached hydrogen (secondary N) is 1. The number of aromatic nitrogens is 1. The summed E-state index contributed by atoms with van der Waals surface area (Å²) in [5.74, 6) is -0.0545. The lowest BCUT2D eigenvalue weighted by Gasteiger charge is -2.29. The van der Waals surface area contributed by atoms with Gasteiger partial charge in [0.25, 0.3) is 0 Å². The lowest BCUT2D eigenvalue weighted by molar-refractivity contribution is -0.123. The number of para-hydroxylation sites is 1. The van der Waals surface area contributed by atoms with Crippen LogP contribution in [0.4, 0.5) is 0 Å². The van der Waals surface area contributed by atoms with E-state index in [1.165, 1.54) is 6.07 Å². The van der Waals surface area contributed by atoms with E-state index in [-0.39, 0.29) is 23.4 Å². The quantitative estimate of drug-likeness (QED) is 0.895. The second kappa shape index (κ2) is 5.93. The Morgan fingerprint density at radius 1 is 1.23 bits per heavy atom. The van der Waals surface area contributed by atoms with Crippen molar-refractivity contribution in [3.8, 4) is 0 Å². The van der Waals surface area contributed by atoms with Crippen molar-refractivity contribution in [1.29, 1.82) is 0 Å². The number of nitrogens with two attached hydrogens (primary N) is 1. The Bertz CT molecular complexity index is 745. The number of carbonyl (C=O) groups excluding carboxylic acids is 1. The van der Waals surface area contributed by atoms with Gasteiger partial charge in [-0.05, 0) is 25.0 Å². The molecule has 22 heavy (non-hydrogen) atoms. The first-order valence-electron chi connectivity index (χ1n) is 7.73. The molecule has 1 aromatic heterocycles. The van der Waals surface area contributed by atoms with Gasteiger partial charge in [-0.15, -0.1) is 0 Å². The van der Waals surface area contributed by atoms with E-state index >= 15 is 0 Å². The van der Waals surface area contributed by atoms with Crippen LogP contribution in [0, 0.1) is 0 Å². The number of hydrogen-bond donors (Lipinski definition) is 2. The van der Waals surface area contributed by atoms with Crippen LogP contribution in [0.15, 0.2) is 41.3 Å². The van der Waals surface area contributed by atoms with E-state index < -0.39 is 0 Å². The van der Waals surface area contributed by atoms with Crippen LogP contribution in [-0.4, -0.2) is 22.6 Å². The molecule has 0 unspecified atom stereocenters. The molecule has 0 bridgehead atoms. The van der Waals surface area contributed by atoms with E-state index in [4.69, 9.17) is 5.73 Å². The first-order valence-corrected chi connectivity index (χ1v) is 7.73. The van der Waals surface area contributed by atoms with Crippen molar-refractivity contribution >= 4 is 16.8 Å². The van der Waals surface area contributed by atoms with Gasteiger partial charge in [0.1, 0.15) is 6.54 Å². The number of benzene rings is 1. The van der Waals surface area contributed by atoms with E-state index in [2.05, 4.69) is 5.32 Å². The van der Waals surface area contributed by atoms with E-state index in [0.717, 1.165) is 31.2 Å². The summed E-state index contributed by atoms with van der Waals surface area (Å²) in [5.41, 5.74) is 6.36. The van der Waals surface area contributed by atoms with Crippen LogP contribution in [0.25, 0.3) is 10.9 Å². The molecule has 3 N–H and O–H groups in total.